The Hall–Kier alpha value is -2.17. The van der Waals surface area contributed by atoms with E-state index in [1.165, 1.54) is 27.6 Å². The molecule has 4 heteroatoms. The average molecular weight is 335 g/mol. The number of hydrogen-bond donors (Lipinski definition) is 1. The molecule has 1 N–H and O–H groups in total. The quantitative estimate of drug-likeness (QED) is 0.773. The van der Waals surface area contributed by atoms with Crippen molar-refractivity contribution in [3.63, 3.8) is 0 Å². The Bertz CT molecular complexity index is 832. The molecule has 1 aromatic carbocycles. The van der Waals surface area contributed by atoms with Gasteiger partial charge >= 0.3 is 0 Å². The van der Waals surface area contributed by atoms with Gasteiger partial charge in [0.25, 0.3) is 0 Å². The van der Waals surface area contributed by atoms with E-state index in [2.05, 4.69) is 58.3 Å². The SMILES string of the molecule is CCc1c[nH]c2ncc(-c3ccc(CCN4CCOCC4)cc3)cc12. The largest absolute Gasteiger partial charge is 0.379 e. The smallest absolute Gasteiger partial charge is 0.137 e. The second-order valence-electron chi connectivity index (χ2n) is 6.69. The number of nitrogens with one attached hydrogen (secondary N) is 1. The summed E-state index contributed by atoms with van der Waals surface area (Å²) in [7, 11) is 0. The minimum atomic E-state index is 0.868. The van der Waals surface area contributed by atoms with Crippen LogP contribution < -0.4 is 0 Å². The molecular weight excluding hydrogens is 310 g/mol. The molecule has 0 unspecified atom stereocenters. The molecular formula is C21H25N3O. The lowest BCUT2D eigenvalue weighted by Crippen LogP contribution is -2.37. The third-order valence-electron chi connectivity index (χ3n) is 5.11. The van der Waals surface area contributed by atoms with Gasteiger partial charge in [-0.15, -0.1) is 0 Å². The highest BCUT2D eigenvalue weighted by Crippen LogP contribution is 2.25. The Morgan fingerprint density at radius 1 is 1.12 bits per heavy atom. The average Bonchev–Trinajstić information content (AvgIpc) is 3.10. The summed E-state index contributed by atoms with van der Waals surface area (Å²) in [5.74, 6) is 0. The predicted molar refractivity (Wildman–Crippen MR) is 102 cm³/mol. The van der Waals surface area contributed by atoms with E-state index < -0.39 is 0 Å². The van der Waals surface area contributed by atoms with Crippen molar-refractivity contribution in [1.82, 2.24) is 14.9 Å². The van der Waals surface area contributed by atoms with Gasteiger partial charge in [0, 0.05) is 43.0 Å². The fourth-order valence-electron chi connectivity index (χ4n) is 3.48. The van der Waals surface area contributed by atoms with Crippen molar-refractivity contribution in [2.45, 2.75) is 19.8 Å². The second kappa shape index (κ2) is 7.38. The number of aromatic amines is 1. The molecule has 0 amide bonds. The number of ether oxygens (including phenoxy) is 1. The summed E-state index contributed by atoms with van der Waals surface area (Å²) >= 11 is 0. The fraction of sp³-hybridized carbons (Fsp3) is 0.381. The van der Waals surface area contributed by atoms with Crippen LogP contribution in [-0.4, -0.2) is 47.7 Å². The van der Waals surface area contributed by atoms with Crippen LogP contribution in [-0.2, 0) is 17.6 Å². The Kier molecular flexibility index (Phi) is 4.81. The van der Waals surface area contributed by atoms with Crippen LogP contribution in [0.15, 0.2) is 42.7 Å². The third kappa shape index (κ3) is 3.60. The van der Waals surface area contributed by atoms with E-state index in [0.717, 1.165) is 51.3 Å². The van der Waals surface area contributed by atoms with E-state index in [-0.39, 0.29) is 0 Å². The third-order valence-corrected chi connectivity index (χ3v) is 5.11. The Labute approximate surface area is 148 Å². The van der Waals surface area contributed by atoms with Crippen molar-refractivity contribution < 1.29 is 4.74 Å². The normalized spacial score (nSPS) is 15.7. The van der Waals surface area contributed by atoms with Crippen LogP contribution in [0.1, 0.15) is 18.1 Å². The van der Waals surface area contributed by atoms with Gasteiger partial charge in [-0.25, -0.2) is 4.98 Å². The Morgan fingerprint density at radius 3 is 2.68 bits per heavy atom. The molecule has 1 aliphatic rings. The first-order chi connectivity index (χ1) is 12.3. The number of morpholine rings is 1. The van der Waals surface area contributed by atoms with Gasteiger partial charge in [-0.2, -0.15) is 0 Å². The van der Waals surface area contributed by atoms with Gasteiger partial charge in [0.2, 0.25) is 0 Å². The van der Waals surface area contributed by atoms with Crippen molar-refractivity contribution >= 4 is 11.0 Å². The van der Waals surface area contributed by atoms with Gasteiger partial charge in [-0.1, -0.05) is 31.2 Å². The summed E-state index contributed by atoms with van der Waals surface area (Å²) < 4.78 is 5.41. The van der Waals surface area contributed by atoms with E-state index in [0.29, 0.717) is 0 Å². The minimum Gasteiger partial charge on any atom is -0.379 e. The maximum Gasteiger partial charge on any atom is 0.137 e. The van der Waals surface area contributed by atoms with E-state index in [1.807, 2.05) is 6.20 Å². The number of rotatable bonds is 5. The lowest BCUT2D eigenvalue weighted by atomic mass is 10.0. The summed E-state index contributed by atoms with van der Waals surface area (Å²) in [5, 5.41) is 1.23. The first-order valence-corrected chi connectivity index (χ1v) is 9.19. The van der Waals surface area contributed by atoms with Crippen molar-refractivity contribution in [2.24, 2.45) is 0 Å². The van der Waals surface area contributed by atoms with Crippen LogP contribution in [0, 0.1) is 0 Å². The monoisotopic (exact) mass is 335 g/mol. The molecule has 25 heavy (non-hydrogen) atoms. The molecule has 1 saturated heterocycles. The van der Waals surface area contributed by atoms with Gasteiger partial charge in [0.1, 0.15) is 5.65 Å². The molecule has 2 aromatic heterocycles. The van der Waals surface area contributed by atoms with E-state index in [9.17, 15) is 0 Å². The topological polar surface area (TPSA) is 41.2 Å². The van der Waals surface area contributed by atoms with Crippen molar-refractivity contribution in [3.05, 3.63) is 53.9 Å². The summed E-state index contributed by atoms with van der Waals surface area (Å²) in [4.78, 5) is 10.3. The molecule has 3 aromatic rings. The summed E-state index contributed by atoms with van der Waals surface area (Å²) in [6.07, 6.45) is 6.14. The molecule has 3 heterocycles. The van der Waals surface area contributed by atoms with E-state index in [1.54, 1.807) is 0 Å². The number of benzene rings is 1. The molecule has 1 fully saturated rings. The summed E-state index contributed by atoms with van der Waals surface area (Å²) in [6.45, 7) is 7.14. The molecule has 0 saturated carbocycles. The number of H-pyrrole nitrogens is 1. The predicted octanol–water partition coefficient (Wildman–Crippen LogP) is 3.67. The number of nitrogens with zero attached hydrogens (tertiary/aromatic N) is 2. The lowest BCUT2D eigenvalue weighted by molar-refractivity contribution is 0.0384. The summed E-state index contributed by atoms with van der Waals surface area (Å²) in [5.41, 5.74) is 6.10. The fourth-order valence-corrected chi connectivity index (χ4v) is 3.48. The van der Waals surface area contributed by atoms with E-state index >= 15 is 0 Å². The number of aryl methyl sites for hydroxylation is 1. The minimum absolute atomic E-state index is 0.868. The standard InChI is InChI=1S/C21H25N3O/c1-2-17-14-22-21-20(17)13-19(15-23-21)18-5-3-16(4-6-18)7-8-24-9-11-25-12-10-24/h3-6,13-15H,2,7-12H2,1H3,(H,22,23). The van der Waals surface area contributed by atoms with Crippen LogP contribution in [0.5, 0.6) is 0 Å². The maximum absolute atomic E-state index is 5.41. The number of pyridine rings is 1. The molecule has 4 rings (SSSR count). The zero-order valence-electron chi connectivity index (χ0n) is 14.8. The summed E-state index contributed by atoms with van der Waals surface area (Å²) in [6, 6.07) is 11.2. The Balaban J connectivity index is 1.47. The van der Waals surface area contributed by atoms with E-state index in [4.69, 9.17) is 4.74 Å². The van der Waals surface area contributed by atoms with Gasteiger partial charge < -0.3 is 9.72 Å². The van der Waals surface area contributed by atoms with Crippen LogP contribution >= 0.6 is 0 Å². The molecule has 0 bridgehead atoms. The number of fused-ring (bicyclic) bond motifs is 1. The zero-order chi connectivity index (χ0) is 17.1. The van der Waals surface area contributed by atoms with Gasteiger partial charge in [0.15, 0.2) is 0 Å². The highest BCUT2D eigenvalue weighted by molar-refractivity contribution is 5.84. The lowest BCUT2D eigenvalue weighted by Gasteiger charge is -2.26. The number of aromatic nitrogens is 2. The number of hydrogen-bond acceptors (Lipinski definition) is 3. The first kappa shape index (κ1) is 16.3. The molecule has 1 aliphatic heterocycles. The second-order valence-corrected chi connectivity index (χ2v) is 6.69. The molecule has 0 atom stereocenters. The van der Waals surface area contributed by atoms with Crippen LogP contribution in [0.4, 0.5) is 0 Å². The Morgan fingerprint density at radius 2 is 1.92 bits per heavy atom. The molecule has 0 spiro atoms. The molecule has 0 radical (unpaired) electrons. The first-order valence-electron chi connectivity index (χ1n) is 9.19. The molecule has 4 nitrogen and oxygen atoms in total. The van der Waals surface area contributed by atoms with Crippen LogP contribution in [0.2, 0.25) is 0 Å². The van der Waals surface area contributed by atoms with Gasteiger partial charge in [-0.05, 0) is 35.6 Å². The maximum atomic E-state index is 5.41. The highest BCUT2D eigenvalue weighted by Gasteiger charge is 2.10. The van der Waals surface area contributed by atoms with Crippen molar-refractivity contribution in [3.8, 4) is 11.1 Å². The van der Waals surface area contributed by atoms with Crippen LogP contribution in [0.3, 0.4) is 0 Å². The van der Waals surface area contributed by atoms with Crippen LogP contribution in [0.25, 0.3) is 22.2 Å². The van der Waals surface area contributed by atoms with Gasteiger partial charge in [0.05, 0.1) is 13.2 Å². The molecule has 130 valence electrons. The highest BCUT2D eigenvalue weighted by atomic mass is 16.5. The van der Waals surface area contributed by atoms with Gasteiger partial charge in [-0.3, -0.25) is 4.90 Å². The zero-order valence-corrected chi connectivity index (χ0v) is 14.8. The van der Waals surface area contributed by atoms with Crippen molar-refractivity contribution in [2.75, 3.05) is 32.8 Å². The molecule has 0 aliphatic carbocycles. The van der Waals surface area contributed by atoms with Crippen molar-refractivity contribution in [1.29, 1.82) is 0 Å².